The van der Waals surface area contributed by atoms with Crippen molar-refractivity contribution in [3.8, 4) is 0 Å². The Morgan fingerprint density at radius 1 is 1.00 bits per heavy atom. The van der Waals surface area contributed by atoms with Crippen molar-refractivity contribution in [2.75, 3.05) is 4.90 Å². The van der Waals surface area contributed by atoms with Crippen LogP contribution >= 0.6 is 0 Å². The number of nitrogens with zero attached hydrogens (tertiary/aromatic N) is 1. The van der Waals surface area contributed by atoms with Gasteiger partial charge in [0.25, 0.3) is 0 Å². The van der Waals surface area contributed by atoms with Gasteiger partial charge in [-0.25, -0.2) is 4.90 Å². The van der Waals surface area contributed by atoms with Crippen molar-refractivity contribution in [1.29, 1.82) is 0 Å². The zero-order valence-electron chi connectivity index (χ0n) is 16.4. The molecule has 5 heteroatoms. The molecule has 1 saturated heterocycles. The summed E-state index contributed by atoms with van der Waals surface area (Å²) in [4.78, 5) is 39.5. The first-order valence-electron chi connectivity index (χ1n) is 10.8. The van der Waals surface area contributed by atoms with Crippen LogP contribution in [0.25, 0.3) is 6.08 Å². The van der Waals surface area contributed by atoms with Gasteiger partial charge in [-0.1, -0.05) is 43.5 Å². The maximum atomic E-state index is 13.0. The Morgan fingerprint density at radius 2 is 1.69 bits per heavy atom. The Hall–Kier alpha value is -2.69. The highest BCUT2D eigenvalue weighted by molar-refractivity contribution is 6.22. The van der Waals surface area contributed by atoms with Gasteiger partial charge >= 0.3 is 0 Å². The molecule has 1 aromatic carbocycles. The highest BCUT2D eigenvalue weighted by Gasteiger charge is 2.59. The Bertz CT molecular complexity index is 882. The third-order valence-electron chi connectivity index (χ3n) is 6.98. The standard InChI is InChI=1S/C24H26N2O3/c27-20(25-18-6-2-1-3-7-18)12-9-15-5-4-8-19(13-15)26-23(28)21-16-10-11-17(14-16)22(21)24(26)29/h4-5,8-13,16-18,21-22H,1-3,6-7,14H2,(H,25,27)/b12-9-/t16-,17-,21+,22+/m1/s1. The molecule has 5 rings (SSSR count). The zero-order valence-corrected chi connectivity index (χ0v) is 16.4. The van der Waals surface area contributed by atoms with Crippen LogP contribution in [0.2, 0.25) is 0 Å². The molecule has 5 nitrogen and oxygen atoms in total. The number of imide groups is 1. The second kappa shape index (κ2) is 7.29. The lowest BCUT2D eigenvalue weighted by Crippen LogP contribution is -2.34. The van der Waals surface area contributed by atoms with E-state index in [0.717, 1.165) is 24.8 Å². The summed E-state index contributed by atoms with van der Waals surface area (Å²) in [6.07, 6.45) is 14.1. The van der Waals surface area contributed by atoms with E-state index >= 15 is 0 Å². The lowest BCUT2D eigenvalue weighted by molar-refractivity contribution is -0.123. The minimum atomic E-state index is -0.196. The number of carbonyl (C=O) groups excluding carboxylic acids is 3. The van der Waals surface area contributed by atoms with Gasteiger partial charge in [-0.05, 0) is 54.9 Å². The first-order chi connectivity index (χ1) is 14.1. The van der Waals surface area contributed by atoms with Gasteiger partial charge in [0.1, 0.15) is 0 Å². The van der Waals surface area contributed by atoms with Crippen LogP contribution in [0.1, 0.15) is 44.1 Å². The molecule has 4 atom stereocenters. The molecular formula is C24H26N2O3. The van der Waals surface area contributed by atoms with Crippen molar-refractivity contribution in [2.24, 2.45) is 23.7 Å². The molecule has 1 aromatic rings. The predicted molar refractivity (Wildman–Crippen MR) is 111 cm³/mol. The van der Waals surface area contributed by atoms with Crippen LogP contribution in [0.5, 0.6) is 0 Å². The summed E-state index contributed by atoms with van der Waals surface area (Å²) in [5.74, 6) is -0.221. The molecule has 150 valence electrons. The molecule has 0 radical (unpaired) electrons. The summed E-state index contributed by atoms with van der Waals surface area (Å²) in [6, 6.07) is 7.60. The van der Waals surface area contributed by atoms with Crippen LogP contribution in [-0.2, 0) is 14.4 Å². The molecule has 1 heterocycles. The molecule has 2 saturated carbocycles. The summed E-state index contributed by atoms with van der Waals surface area (Å²) in [7, 11) is 0. The largest absolute Gasteiger partial charge is 0.350 e. The molecule has 1 N–H and O–H groups in total. The van der Waals surface area contributed by atoms with E-state index in [2.05, 4.69) is 17.5 Å². The van der Waals surface area contributed by atoms with Crippen molar-refractivity contribution >= 4 is 29.5 Å². The SMILES string of the molecule is O=C(/C=C\c1cccc(N2C(=O)[C@@H]3[C@@H](C2=O)[C@@H]2C=C[C@@H]3C2)c1)NC1CCCCC1. The third-order valence-corrected chi connectivity index (χ3v) is 6.98. The Balaban J connectivity index is 1.29. The summed E-state index contributed by atoms with van der Waals surface area (Å²) in [6.45, 7) is 0. The average molecular weight is 390 g/mol. The first-order valence-corrected chi connectivity index (χ1v) is 10.8. The smallest absolute Gasteiger partial charge is 0.244 e. The average Bonchev–Trinajstić information content (AvgIpc) is 3.41. The number of fused-ring (bicyclic) bond motifs is 5. The number of hydrogen-bond donors (Lipinski definition) is 1. The van der Waals surface area contributed by atoms with Crippen LogP contribution in [-0.4, -0.2) is 23.8 Å². The van der Waals surface area contributed by atoms with E-state index in [1.54, 1.807) is 18.2 Å². The number of nitrogens with one attached hydrogen (secondary N) is 1. The molecule has 3 amide bonds. The van der Waals surface area contributed by atoms with E-state index < -0.39 is 0 Å². The maximum Gasteiger partial charge on any atom is 0.244 e. The predicted octanol–water partition coefficient (Wildman–Crippen LogP) is 3.46. The van der Waals surface area contributed by atoms with Gasteiger partial charge in [0.05, 0.1) is 17.5 Å². The molecule has 0 aromatic heterocycles. The van der Waals surface area contributed by atoms with Crippen molar-refractivity contribution < 1.29 is 14.4 Å². The normalized spacial score (nSPS) is 31.1. The van der Waals surface area contributed by atoms with Crippen molar-refractivity contribution in [2.45, 2.75) is 44.6 Å². The highest BCUT2D eigenvalue weighted by atomic mass is 16.2. The summed E-state index contributed by atoms with van der Waals surface area (Å²) in [5, 5.41) is 3.07. The first kappa shape index (κ1) is 18.3. The number of rotatable bonds is 4. The minimum absolute atomic E-state index is 0.0759. The molecule has 0 unspecified atom stereocenters. The van der Waals surface area contributed by atoms with Crippen LogP contribution in [0, 0.1) is 23.7 Å². The van der Waals surface area contributed by atoms with Gasteiger partial charge in [-0.3, -0.25) is 14.4 Å². The van der Waals surface area contributed by atoms with Crippen LogP contribution in [0.4, 0.5) is 5.69 Å². The van der Waals surface area contributed by atoms with E-state index in [1.807, 2.05) is 18.2 Å². The van der Waals surface area contributed by atoms with Gasteiger partial charge in [-0.15, -0.1) is 0 Å². The minimum Gasteiger partial charge on any atom is -0.350 e. The number of carbonyl (C=O) groups is 3. The highest BCUT2D eigenvalue weighted by Crippen LogP contribution is 2.53. The zero-order chi connectivity index (χ0) is 20.0. The lowest BCUT2D eigenvalue weighted by atomic mass is 9.85. The Kier molecular flexibility index (Phi) is 4.61. The number of anilines is 1. The molecule has 2 bridgehead atoms. The fourth-order valence-corrected chi connectivity index (χ4v) is 5.59. The van der Waals surface area contributed by atoms with Crippen molar-refractivity contribution in [3.63, 3.8) is 0 Å². The van der Waals surface area contributed by atoms with E-state index in [4.69, 9.17) is 0 Å². The van der Waals surface area contributed by atoms with Gasteiger partial charge < -0.3 is 5.32 Å². The lowest BCUT2D eigenvalue weighted by Gasteiger charge is -2.21. The molecular weight excluding hydrogens is 364 g/mol. The third kappa shape index (κ3) is 3.22. The van der Waals surface area contributed by atoms with Gasteiger partial charge in [0.15, 0.2) is 0 Å². The quantitative estimate of drug-likeness (QED) is 0.486. The molecule has 29 heavy (non-hydrogen) atoms. The van der Waals surface area contributed by atoms with E-state index in [1.165, 1.54) is 24.2 Å². The molecule has 3 aliphatic carbocycles. The van der Waals surface area contributed by atoms with E-state index in [9.17, 15) is 14.4 Å². The van der Waals surface area contributed by atoms with Gasteiger partial charge in [0, 0.05) is 12.1 Å². The topological polar surface area (TPSA) is 66.5 Å². The number of benzene rings is 1. The summed E-state index contributed by atoms with van der Waals surface area (Å²) in [5.41, 5.74) is 1.41. The Labute approximate surface area is 170 Å². The summed E-state index contributed by atoms with van der Waals surface area (Å²) < 4.78 is 0. The van der Waals surface area contributed by atoms with E-state index in [-0.39, 0.29) is 47.4 Å². The molecule has 3 fully saturated rings. The van der Waals surface area contributed by atoms with Crippen molar-refractivity contribution in [3.05, 3.63) is 48.1 Å². The van der Waals surface area contributed by atoms with Gasteiger partial charge in [0.2, 0.25) is 17.7 Å². The van der Waals surface area contributed by atoms with E-state index in [0.29, 0.717) is 5.69 Å². The molecule has 4 aliphatic rings. The Morgan fingerprint density at radius 3 is 2.38 bits per heavy atom. The van der Waals surface area contributed by atoms with Crippen molar-refractivity contribution in [1.82, 2.24) is 5.32 Å². The second-order valence-electron chi connectivity index (χ2n) is 8.78. The molecule has 0 spiro atoms. The van der Waals surface area contributed by atoms with Crippen LogP contribution < -0.4 is 10.2 Å². The number of allylic oxidation sites excluding steroid dienone is 2. The summed E-state index contributed by atoms with van der Waals surface area (Å²) >= 11 is 0. The van der Waals surface area contributed by atoms with Crippen LogP contribution in [0.15, 0.2) is 42.5 Å². The monoisotopic (exact) mass is 390 g/mol. The maximum absolute atomic E-state index is 13.0. The number of hydrogen-bond acceptors (Lipinski definition) is 3. The second-order valence-corrected chi connectivity index (χ2v) is 8.78. The molecule has 1 aliphatic heterocycles. The van der Waals surface area contributed by atoms with Gasteiger partial charge in [-0.2, -0.15) is 0 Å². The number of amides is 3. The fourth-order valence-electron chi connectivity index (χ4n) is 5.59. The fraction of sp³-hybridized carbons (Fsp3) is 0.458. The van der Waals surface area contributed by atoms with Crippen LogP contribution in [0.3, 0.4) is 0 Å².